The van der Waals surface area contributed by atoms with E-state index in [1.165, 1.54) is 7.11 Å². The highest BCUT2D eigenvalue weighted by molar-refractivity contribution is 5.79. The van der Waals surface area contributed by atoms with Crippen molar-refractivity contribution in [3.63, 3.8) is 0 Å². The molecule has 0 aromatic carbocycles. The van der Waals surface area contributed by atoms with Crippen molar-refractivity contribution in [3.8, 4) is 0 Å². The Hall–Kier alpha value is -0.610. The van der Waals surface area contributed by atoms with Crippen LogP contribution in [-0.2, 0) is 14.4 Å². The molecule has 0 bridgehead atoms. The van der Waals surface area contributed by atoms with E-state index in [0.717, 1.165) is 0 Å². The molecular formula is C7H15NO3. The zero-order chi connectivity index (χ0) is 8.85. The first-order valence-electron chi connectivity index (χ1n) is 3.56. The Bertz CT molecular complexity index is 125. The van der Waals surface area contributed by atoms with Gasteiger partial charge >= 0.3 is 0 Å². The predicted octanol–water partition coefficient (Wildman–Crippen LogP) is 0.477. The standard InChI is InChI=1S/C7H15NO3/c1-5(2)11-8-7(9)6(3)10-4/h5-6H,1-4H3,(H,8,9). The summed E-state index contributed by atoms with van der Waals surface area (Å²) in [6, 6.07) is 0. The van der Waals surface area contributed by atoms with Crippen LogP contribution in [0.25, 0.3) is 0 Å². The number of hydrogen-bond donors (Lipinski definition) is 1. The third kappa shape index (κ3) is 4.75. The molecule has 4 nitrogen and oxygen atoms in total. The summed E-state index contributed by atoms with van der Waals surface area (Å²) in [5.74, 6) is -0.263. The quantitative estimate of drug-likeness (QED) is 0.610. The third-order valence-electron chi connectivity index (χ3n) is 1.12. The van der Waals surface area contributed by atoms with E-state index in [-0.39, 0.29) is 12.0 Å². The van der Waals surface area contributed by atoms with Crippen LogP contribution in [0.2, 0.25) is 0 Å². The van der Waals surface area contributed by atoms with E-state index in [1.54, 1.807) is 6.92 Å². The molecule has 1 unspecified atom stereocenters. The van der Waals surface area contributed by atoms with Gasteiger partial charge in [0.15, 0.2) is 0 Å². The summed E-state index contributed by atoms with van der Waals surface area (Å²) in [7, 11) is 1.47. The molecule has 1 amide bonds. The van der Waals surface area contributed by atoms with Crippen molar-refractivity contribution in [3.05, 3.63) is 0 Å². The lowest BCUT2D eigenvalue weighted by Gasteiger charge is -2.11. The molecule has 0 aliphatic heterocycles. The van der Waals surface area contributed by atoms with Crippen LogP contribution in [0, 0.1) is 0 Å². The van der Waals surface area contributed by atoms with Crippen molar-refractivity contribution in [1.82, 2.24) is 5.48 Å². The Morgan fingerprint density at radius 2 is 1.91 bits per heavy atom. The van der Waals surface area contributed by atoms with Gasteiger partial charge < -0.3 is 4.74 Å². The van der Waals surface area contributed by atoms with E-state index >= 15 is 0 Å². The minimum Gasteiger partial charge on any atom is -0.372 e. The number of methoxy groups -OCH3 is 1. The number of carbonyl (C=O) groups is 1. The number of amides is 1. The molecule has 0 aliphatic carbocycles. The molecule has 0 fully saturated rings. The Morgan fingerprint density at radius 3 is 2.27 bits per heavy atom. The molecule has 0 radical (unpaired) electrons. The topological polar surface area (TPSA) is 47.6 Å². The maximum absolute atomic E-state index is 10.9. The first kappa shape index (κ1) is 10.4. The number of hydroxylamine groups is 1. The molecular weight excluding hydrogens is 146 g/mol. The Kier molecular flexibility index (Phi) is 4.81. The molecule has 0 saturated heterocycles. The van der Waals surface area contributed by atoms with Gasteiger partial charge in [-0.05, 0) is 20.8 Å². The van der Waals surface area contributed by atoms with Crippen LogP contribution in [-0.4, -0.2) is 25.2 Å². The van der Waals surface area contributed by atoms with Crippen LogP contribution in [0.4, 0.5) is 0 Å². The van der Waals surface area contributed by atoms with Gasteiger partial charge in [-0.25, -0.2) is 5.48 Å². The molecule has 0 aromatic heterocycles. The average molecular weight is 161 g/mol. The zero-order valence-corrected chi connectivity index (χ0v) is 7.38. The molecule has 0 aliphatic rings. The lowest BCUT2D eigenvalue weighted by molar-refractivity contribution is -0.146. The monoisotopic (exact) mass is 161 g/mol. The predicted molar refractivity (Wildman–Crippen MR) is 40.8 cm³/mol. The number of rotatable bonds is 4. The van der Waals surface area contributed by atoms with Crippen LogP contribution in [0.15, 0.2) is 0 Å². The first-order chi connectivity index (χ1) is 5.07. The molecule has 0 rings (SSSR count). The normalized spacial score (nSPS) is 13.2. The second-order valence-electron chi connectivity index (χ2n) is 2.51. The van der Waals surface area contributed by atoms with E-state index in [0.29, 0.717) is 0 Å². The van der Waals surface area contributed by atoms with Gasteiger partial charge in [-0.2, -0.15) is 0 Å². The Morgan fingerprint density at radius 1 is 1.36 bits per heavy atom. The highest BCUT2D eigenvalue weighted by Gasteiger charge is 2.11. The summed E-state index contributed by atoms with van der Waals surface area (Å²) in [4.78, 5) is 15.8. The lowest BCUT2D eigenvalue weighted by atomic mass is 10.4. The summed E-state index contributed by atoms with van der Waals surface area (Å²) in [6.45, 7) is 5.31. The summed E-state index contributed by atoms with van der Waals surface area (Å²) >= 11 is 0. The fourth-order valence-electron chi connectivity index (χ4n) is 0.366. The largest absolute Gasteiger partial charge is 0.372 e. The van der Waals surface area contributed by atoms with Crippen LogP contribution in [0.3, 0.4) is 0 Å². The molecule has 1 atom stereocenters. The van der Waals surface area contributed by atoms with Gasteiger partial charge in [0.2, 0.25) is 0 Å². The van der Waals surface area contributed by atoms with Crippen molar-refractivity contribution in [2.45, 2.75) is 33.0 Å². The number of ether oxygens (including phenoxy) is 1. The fourth-order valence-corrected chi connectivity index (χ4v) is 0.366. The molecule has 4 heteroatoms. The SMILES string of the molecule is COC(C)C(=O)NOC(C)C. The van der Waals surface area contributed by atoms with Crippen LogP contribution < -0.4 is 5.48 Å². The Balaban J connectivity index is 3.52. The first-order valence-corrected chi connectivity index (χ1v) is 3.56. The molecule has 0 heterocycles. The minimum absolute atomic E-state index is 0.0111. The van der Waals surface area contributed by atoms with Crippen LogP contribution >= 0.6 is 0 Å². The van der Waals surface area contributed by atoms with Gasteiger partial charge in [-0.15, -0.1) is 0 Å². The van der Waals surface area contributed by atoms with Gasteiger partial charge in [-0.3, -0.25) is 9.63 Å². The van der Waals surface area contributed by atoms with Crippen molar-refractivity contribution >= 4 is 5.91 Å². The zero-order valence-electron chi connectivity index (χ0n) is 7.38. The lowest BCUT2D eigenvalue weighted by Crippen LogP contribution is -2.35. The maximum atomic E-state index is 10.9. The number of nitrogens with one attached hydrogen (secondary N) is 1. The summed E-state index contributed by atoms with van der Waals surface area (Å²) in [5, 5.41) is 0. The summed E-state index contributed by atoms with van der Waals surface area (Å²) in [5.41, 5.74) is 2.27. The third-order valence-corrected chi connectivity index (χ3v) is 1.12. The van der Waals surface area contributed by atoms with Gasteiger partial charge in [0.25, 0.3) is 5.91 Å². The fraction of sp³-hybridized carbons (Fsp3) is 0.857. The number of carbonyl (C=O) groups excluding carboxylic acids is 1. The van der Waals surface area contributed by atoms with E-state index < -0.39 is 6.10 Å². The smallest absolute Gasteiger partial charge is 0.272 e. The van der Waals surface area contributed by atoms with Crippen molar-refractivity contribution in [2.24, 2.45) is 0 Å². The molecule has 66 valence electrons. The number of hydrogen-bond acceptors (Lipinski definition) is 3. The molecule has 1 N–H and O–H groups in total. The molecule has 11 heavy (non-hydrogen) atoms. The summed E-state index contributed by atoms with van der Waals surface area (Å²) < 4.78 is 4.75. The van der Waals surface area contributed by atoms with E-state index in [4.69, 9.17) is 9.57 Å². The second kappa shape index (κ2) is 5.09. The van der Waals surface area contributed by atoms with Gasteiger partial charge in [0, 0.05) is 7.11 Å². The van der Waals surface area contributed by atoms with Crippen molar-refractivity contribution in [2.75, 3.05) is 7.11 Å². The van der Waals surface area contributed by atoms with Crippen LogP contribution in [0.5, 0.6) is 0 Å². The second-order valence-corrected chi connectivity index (χ2v) is 2.51. The Labute approximate surface area is 66.8 Å². The van der Waals surface area contributed by atoms with Crippen molar-refractivity contribution in [1.29, 1.82) is 0 Å². The van der Waals surface area contributed by atoms with Crippen molar-refractivity contribution < 1.29 is 14.4 Å². The van der Waals surface area contributed by atoms with E-state index in [2.05, 4.69) is 5.48 Å². The minimum atomic E-state index is -0.464. The van der Waals surface area contributed by atoms with Gasteiger partial charge in [0.1, 0.15) is 6.10 Å². The van der Waals surface area contributed by atoms with E-state index in [9.17, 15) is 4.79 Å². The highest BCUT2D eigenvalue weighted by Crippen LogP contribution is 1.88. The molecule has 0 aromatic rings. The molecule has 0 saturated carbocycles. The summed E-state index contributed by atoms with van der Waals surface area (Å²) in [6.07, 6.45) is -0.475. The van der Waals surface area contributed by atoms with Gasteiger partial charge in [0.05, 0.1) is 6.10 Å². The molecule has 0 spiro atoms. The van der Waals surface area contributed by atoms with Crippen LogP contribution in [0.1, 0.15) is 20.8 Å². The maximum Gasteiger partial charge on any atom is 0.272 e. The average Bonchev–Trinajstić information content (AvgIpc) is 1.98. The van der Waals surface area contributed by atoms with E-state index in [1.807, 2.05) is 13.8 Å². The van der Waals surface area contributed by atoms with Gasteiger partial charge in [-0.1, -0.05) is 0 Å². The highest BCUT2D eigenvalue weighted by atomic mass is 16.7.